The van der Waals surface area contributed by atoms with Gasteiger partial charge in [-0.05, 0) is 12.8 Å². The molecule has 88 valence electrons. The lowest BCUT2D eigenvalue weighted by atomic mass is 9.80. The van der Waals surface area contributed by atoms with Crippen LogP contribution in [0, 0.1) is 12.8 Å². The Morgan fingerprint density at radius 1 is 1.56 bits per heavy atom. The molecule has 0 saturated carbocycles. The number of aromatic nitrogens is 2. The Labute approximate surface area is 94.7 Å². The Morgan fingerprint density at radius 3 is 2.69 bits per heavy atom. The lowest BCUT2D eigenvalue weighted by molar-refractivity contribution is 0.243. The van der Waals surface area contributed by atoms with E-state index < -0.39 is 0 Å². The molecule has 0 unspecified atom stereocenters. The molecule has 3 N–H and O–H groups in total. The van der Waals surface area contributed by atoms with E-state index >= 15 is 0 Å². The zero-order valence-corrected chi connectivity index (χ0v) is 9.95. The summed E-state index contributed by atoms with van der Waals surface area (Å²) in [7, 11) is 0. The minimum atomic E-state index is -0.141. The predicted molar refractivity (Wildman–Crippen MR) is 63.6 cm³/mol. The van der Waals surface area contributed by atoms with Crippen molar-refractivity contribution in [2.75, 3.05) is 18.0 Å². The summed E-state index contributed by atoms with van der Waals surface area (Å²) in [6.45, 7) is 7.55. The third kappa shape index (κ3) is 1.82. The van der Waals surface area contributed by atoms with Gasteiger partial charge < -0.3 is 15.6 Å². The first-order chi connectivity index (χ1) is 7.40. The topological polar surface area (TPSA) is 75.0 Å². The summed E-state index contributed by atoms with van der Waals surface area (Å²) in [6, 6.07) is 1.52. The molecule has 0 radical (unpaired) electrons. The van der Waals surface area contributed by atoms with Crippen molar-refractivity contribution in [2.24, 2.45) is 11.7 Å². The highest BCUT2D eigenvalue weighted by Crippen LogP contribution is 2.29. The molecular formula is C11H18N4O. The predicted octanol–water partition coefficient (Wildman–Crippen LogP) is 0.252. The van der Waals surface area contributed by atoms with Crippen molar-refractivity contribution in [3.63, 3.8) is 0 Å². The van der Waals surface area contributed by atoms with Gasteiger partial charge in [-0.3, -0.25) is 4.79 Å². The van der Waals surface area contributed by atoms with E-state index in [1.165, 1.54) is 6.07 Å². The van der Waals surface area contributed by atoms with Gasteiger partial charge in [0.2, 0.25) is 0 Å². The van der Waals surface area contributed by atoms with E-state index in [0.717, 1.165) is 18.9 Å². The first kappa shape index (κ1) is 11.1. The number of nitrogens with one attached hydrogen (secondary N) is 1. The molecule has 2 rings (SSSR count). The van der Waals surface area contributed by atoms with Gasteiger partial charge in [0.25, 0.3) is 5.56 Å². The molecule has 0 bridgehead atoms. The number of hydrogen-bond acceptors (Lipinski definition) is 4. The average Bonchev–Trinajstić information content (AvgIpc) is 2.10. The molecule has 0 aliphatic carbocycles. The Hall–Kier alpha value is -1.36. The second-order valence-corrected chi connectivity index (χ2v) is 4.93. The van der Waals surface area contributed by atoms with Gasteiger partial charge in [0.05, 0.1) is 5.54 Å². The molecule has 1 aromatic rings. The third-order valence-corrected chi connectivity index (χ3v) is 3.29. The summed E-state index contributed by atoms with van der Waals surface area (Å²) in [5.74, 6) is 1.80. The van der Waals surface area contributed by atoms with Crippen LogP contribution in [-0.2, 0) is 0 Å². The molecule has 5 nitrogen and oxygen atoms in total. The standard InChI is InChI=1S/C11H18N4O/c1-7(2)11(12)5-15(6-11)9-4-10(16)14-8(3)13-9/h4,7H,5-6,12H2,1-3H3,(H,13,14,16). The summed E-state index contributed by atoms with van der Waals surface area (Å²) < 4.78 is 0. The highest BCUT2D eigenvalue weighted by molar-refractivity contribution is 5.44. The van der Waals surface area contributed by atoms with E-state index in [2.05, 4.69) is 23.8 Å². The second-order valence-electron chi connectivity index (χ2n) is 4.93. The number of anilines is 1. The van der Waals surface area contributed by atoms with Crippen LogP contribution in [0.15, 0.2) is 10.9 Å². The van der Waals surface area contributed by atoms with E-state index in [-0.39, 0.29) is 11.1 Å². The molecule has 1 saturated heterocycles. The van der Waals surface area contributed by atoms with Gasteiger partial charge in [0.1, 0.15) is 11.6 Å². The molecular weight excluding hydrogens is 204 g/mol. The second kappa shape index (κ2) is 3.59. The molecule has 0 atom stereocenters. The highest BCUT2D eigenvalue weighted by Gasteiger charge is 2.42. The van der Waals surface area contributed by atoms with Gasteiger partial charge in [-0.2, -0.15) is 0 Å². The molecule has 0 aromatic carbocycles. The summed E-state index contributed by atoms with van der Waals surface area (Å²) >= 11 is 0. The van der Waals surface area contributed by atoms with E-state index in [9.17, 15) is 4.79 Å². The monoisotopic (exact) mass is 222 g/mol. The summed E-state index contributed by atoms with van der Waals surface area (Å²) in [6.07, 6.45) is 0. The first-order valence-corrected chi connectivity index (χ1v) is 5.52. The SMILES string of the molecule is Cc1nc(N2CC(N)(C(C)C)C2)cc(=O)[nH]1. The van der Waals surface area contributed by atoms with Crippen LogP contribution < -0.4 is 16.2 Å². The zero-order chi connectivity index (χ0) is 11.9. The van der Waals surface area contributed by atoms with Crippen LogP contribution >= 0.6 is 0 Å². The van der Waals surface area contributed by atoms with E-state index in [4.69, 9.17) is 5.73 Å². The van der Waals surface area contributed by atoms with Gasteiger partial charge in [-0.1, -0.05) is 13.8 Å². The fraction of sp³-hybridized carbons (Fsp3) is 0.636. The normalized spacial score (nSPS) is 18.7. The summed E-state index contributed by atoms with van der Waals surface area (Å²) in [4.78, 5) is 20.3. The molecule has 0 spiro atoms. The number of hydrogen-bond donors (Lipinski definition) is 2. The van der Waals surface area contributed by atoms with Gasteiger partial charge >= 0.3 is 0 Å². The maximum absolute atomic E-state index is 11.3. The van der Waals surface area contributed by atoms with Crippen LogP contribution in [0.1, 0.15) is 19.7 Å². The molecule has 5 heteroatoms. The Kier molecular flexibility index (Phi) is 2.50. The minimum Gasteiger partial charge on any atom is -0.353 e. The first-order valence-electron chi connectivity index (χ1n) is 5.52. The molecule has 1 fully saturated rings. The molecule has 0 amide bonds. The maximum atomic E-state index is 11.3. The average molecular weight is 222 g/mol. The molecule has 2 heterocycles. The molecule has 1 aromatic heterocycles. The van der Waals surface area contributed by atoms with E-state index in [1.54, 1.807) is 6.92 Å². The van der Waals surface area contributed by atoms with Crippen LogP contribution in [0.4, 0.5) is 5.82 Å². The molecule has 1 aliphatic rings. The van der Waals surface area contributed by atoms with Crippen molar-refractivity contribution >= 4 is 5.82 Å². The van der Waals surface area contributed by atoms with Crippen LogP contribution in [0.25, 0.3) is 0 Å². The van der Waals surface area contributed by atoms with Crippen LogP contribution in [0.5, 0.6) is 0 Å². The summed E-state index contributed by atoms with van der Waals surface area (Å²) in [5, 5.41) is 0. The van der Waals surface area contributed by atoms with Crippen molar-refractivity contribution in [1.82, 2.24) is 9.97 Å². The van der Waals surface area contributed by atoms with Crippen LogP contribution in [0.2, 0.25) is 0 Å². The van der Waals surface area contributed by atoms with Crippen molar-refractivity contribution in [2.45, 2.75) is 26.3 Å². The molecule has 1 aliphatic heterocycles. The Bertz CT molecular complexity index is 446. The third-order valence-electron chi connectivity index (χ3n) is 3.29. The number of nitrogens with zero attached hydrogens (tertiary/aromatic N) is 2. The van der Waals surface area contributed by atoms with Gasteiger partial charge in [-0.15, -0.1) is 0 Å². The van der Waals surface area contributed by atoms with Crippen LogP contribution in [0.3, 0.4) is 0 Å². The lowest BCUT2D eigenvalue weighted by Crippen LogP contribution is -2.70. The number of nitrogens with two attached hydrogens (primary N) is 1. The van der Waals surface area contributed by atoms with Crippen molar-refractivity contribution < 1.29 is 0 Å². The van der Waals surface area contributed by atoms with E-state index in [1.807, 2.05) is 4.90 Å². The van der Waals surface area contributed by atoms with Gasteiger partial charge in [-0.25, -0.2) is 4.98 Å². The van der Waals surface area contributed by atoms with E-state index in [0.29, 0.717) is 11.7 Å². The van der Waals surface area contributed by atoms with Crippen LogP contribution in [-0.4, -0.2) is 28.6 Å². The molecule has 16 heavy (non-hydrogen) atoms. The number of aryl methyl sites for hydroxylation is 1. The summed E-state index contributed by atoms with van der Waals surface area (Å²) in [5.41, 5.74) is 5.94. The van der Waals surface area contributed by atoms with Crippen molar-refractivity contribution in [3.05, 3.63) is 22.2 Å². The Morgan fingerprint density at radius 2 is 2.19 bits per heavy atom. The van der Waals surface area contributed by atoms with Gasteiger partial charge in [0.15, 0.2) is 0 Å². The highest BCUT2D eigenvalue weighted by atomic mass is 16.1. The Balaban J connectivity index is 2.15. The number of H-pyrrole nitrogens is 1. The number of aromatic amines is 1. The number of rotatable bonds is 2. The van der Waals surface area contributed by atoms with Gasteiger partial charge in [0, 0.05) is 19.2 Å². The fourth-order valence-corrected chi connectivity index (χ4v) is 1.92. The quantitative estimate of drug-likeness (QED) is 0.752. The lowest BCUT2D eigenvalue weighted by Gasteiger charge is -2.50. The van der Waals surface area contributed by atoms with Crippen molar-refractivity contribution in [1.29, 1.82) is 0 Å². The fourth-order valence-electron chi connectivity index (χ4n) is 1.92. The largest absolute Gasteiger partial charge is 0.353 e. The smallest absolute Gasteiger partial charge is 0.252 e. The zero-order valence-electron chi connectivity index (χ0n) is 9.95. The minimum absolute atomic E-state index is 0.110. The maximum Gasteiger partial charge on any atom is 0.252 e. The van der Waals surface area contributed by atoms with Crippen molar-refractivity contribution in [3.8, 4) is 0 Å².